The van der Waals surface area contributed by atoms with Crippen LogP contribution in [0.25, 0.3) is 0 Å². The maximum atomic E-state index is 10.8. The van der Waals surface area contributed by atoms with E-state index in [4.69, 9.17) is 0 Å². The van der Waals surface area contributed by atoms with Gasteiger partial charge in [-0.3, -0.25) is 4.79 Å². The fourth-order valence-electron chi connectivity index (χ4n) is 0.936. The van der Waals surface area contributed by atoms with Crippen molar-refractivity contribution in [2.75, 3.05) is 0 Å². The minimum Gasteiger partial charge on any atom is -0.390 e. The first kappa shape index (κ1) is 7.98. The Morgan fingerprint density at radius 1 is 1.18 bits per heavy atom. The van der Waals surface area contributed by atoms with Crippen LogP contribution in [0.2, 0.25) is 0 Å². The molecular formula is C8H10O3. The number of carbonyl (C=O) groups is 2. The largest absolute Gasteiger partial charge is 0.390 e. The van der Waals surface area contributed by atoms with Crippen molar-refractivity contribution in [1.29, 1.82) is 0 Å². The van der Waals surface area contributed by atoms with Gasteiger partial charge in [-0.1, -0.05) is 6.58 Å². The number of hydrogen-bond acceptors (Lipinski definition) is 3. The zero-order valence-electron chi connectivity index (χ0n) is 6.26. The molecule has 0 N–H and O–H groups in total. The SMILES string of the molecule is C=C1CCCCC(=O)OC1=O. The molecule has 0 spiro atoms. The van der Waals surface area contributed by atoms with E-state index in [1.807, 2.05) is 0 Å². The summed E-state index contributed by atoms with van der Waals surface area (Å²) in [4.78, 5) is 21.5. The first-order valence-electron chi connectivity index (χ1n) is 3.63. The summed E-state index contributed by atoms with van der Waals surface area (Å²) in [5.74, 6) is -0.995. The van der Waals surface area contributed by atoms with Crippen LogP contribution in [0.4, 0.5) is 0 Å². The van der Waals surface area contributed by atoms with Crippen molar-refractivity contribution in [3.8, 4) is 0 Å². The van der Waals surface area contributed by atoms with Gasteiger partial charge in [0, 0.05) is 12.0 Å². The molecular weight excluding hydrogens is 144 g/mol. The lowest BCUT2D eigenvalue weighted by Crippen LogP contribution is -2.16. The van der Waals surface area contributed by atoms with E-state index in [0.29, 0.717) is 18.4 Å². The molecule has 3 nitrogen and oxygen atoms in total. The monoisotopic (exact) mass is 154 g/mol. The summed E-state index contributed by atoms with van der Waals surface area (Å²) in [7, 11) is 0. The average Bonchev–Trinajstić information content (AvgIpc) is 1.95. The predicted molar refractivity (Wildman–Crippen MR) is 38.7 cm³/mol. The molecule has 60 valence electrons. The van der Waals surface area contributed by atoms with Gasteiger partial charge in [0.2, 0.25) is 0 Å². The molecule has 0 aromatic heterocycles. The average molecular weight is 154 g/mol. The Labute approximate surface area is 65.0 Å². The molecule has 1 fully saturated rings. The van der Waals surface area contributed by atoms with E-state index in [9.17, 15) is 9.59 Å². The summed E-state index contributed by atoms with van der Waals surface area (Å²) in [5, 5.41) is 0. The van der Waals surface area contributed by atoms with Crippen LogP contribution in [0, 0.1) is 0 Å². The van der Waals surface area contributed by atoms with Crippen LogP contribution in [0.3, 0.4) is 0 Å². The molecule has 0 atom stereocenters. The Balaban J connectivity index is 2.59. The normalized spacial score (nSPS) is 20.5. The van der Waals surface area contributed by atoms with E-state index in [0.717, 1.165) is 12.8 Å². The summed E-state index contributed by atoms with van der Waals surface area (Å²) >= 11 is 0. The number of cyclic esters (lactones) is 2. The zero-order chi connectivity index (χ0) is 8.27. The fraction of sp³-hybridized carbons (Fsp3) is 0.500. The van der Waals surface area contributed by atoms with Gasteiger partial charge in [0.1, 0.15) is 0 Å². The molecule has 0 aromatic carbocycles. The van der Waals surface area contributed by atoms with Gasteiger partial charge in [0.25, 0.3) is 0 Å². The lowest BCUT2D eigenvalue weighted by molar-refractivity contribution is -0.157. The molecule has 3 heteroatoms. The van der Waals surface area contributed by atoms with Crippen LogP contribution in [0.5, 0.6) is 0 Å². The van der Waals surface area contributed by atoms with E-state index in [2.05, 4.69) is 11.3 Å². The van der Waals surface area contributed by atoms with E-state index in [1.165, 1.54) is 0 Å². The summed E-state index contributed by atoms with van der Waals surface area (Å²) in [5.41, 5.74) is 0.401. The van der Waals surface area contributed by atoms with Crippen molar-refractivity contribution in [3.05, 3.63) is 12.2 Å². The molecule has 0 amide bonds. The number of rotatable bonds is 0. The minimum atomic E-state index is -0.560. The zero-order valence-corrected chi connectivity index (χ0v) is 6.26. The van der Waals surface area contributed by atoms with Crippen molar-refractivity contribution in [3.63, 3.8) is 0 Å². The highest BCUT2D eigenvalue weighted by Gasteiger charge is 2.16. The van der Waals surface area contributed by atoms with Crippen LogP contribution < -0.4 is 0 Å². The summed E-state index contributed by atoms with van der Waals surface area (Å²) < 4.78 is 4.43. The Morgan fingerprint density at radius 3 is 2.55 bits per heavy atom. The van der Waals surface area contributed by atoms with E-state index < -0.39 is 11.9 Å². The first-order chi connectivity index (χ1) is 5.20. The molecule has 0 saturated carbocycles. The molecule has 1 saturated heterocycles. The van der Waals surface area contributed by atoms with Crippen LogP contribution in [-0.4, -0.2) is 11.9 Å². The highest BCUT2D eigenvalue weighted by atomic mass is 16.6. The van der Waals surface area contributed by atoms with Crippen LogP contribution >= 0.6 is 0 Å². The molecule has 1 heterocycles. The van der Waals surface area contributed by atoms with Crippen LogP contribution in [-0.2, 0) is 14.3 Å². The van der Waals surface area contributed by atoms with Gasteiger partial charge in [0.05, 0.1) is 0 Å². The second kappa shape index (κ2) is 3.32. The molecule has 0 unspecified atom stereocenters. The van der Waals surface area contributed by atoms with Crippen LogP contribution in [0.15, 0.2) is 12.2 Å². The molecule has 0 bridgehead atoms. The summed E-state index contributed by atoms with van der Waals surface area (Å²) in [6, 6.07) is 0. The van der Waals surface area contributed by atoms with Gasteiger partial charge in [-0.25, -0.2) is 4.79 Å². The Kier molecular flexibility index (Phi) is 2.41. The Morgan fingerprint density at radius 2 is 1.82 bits per heavy atom. The van der Waals surface area contributed by atoms with Crippen molar-refractivity contribution in [1.82, 2.24) is 0 Å². The lowest BCUT2D eigenvalue weighted by Gasteiger charge is -2.08. The number of hydrogen-bond donors (Lipinski definition) is 0. The molecule has 0 aliphatic carbocycles. The third kappa shape index (κ3) is 2.18. The van der Waals surface area contributed by atoms with E-state index >= 15 is 0 Å². The predicted octanol–water partition coefficient (Wildman–Crippen LogP) is 1.19. The number of ether oxygens (including phenoxy) is 1. The fourth-order valence-corrected chi connectivity index (χ4v) is 0.936. The van der Waals surface area contributed by atoms with Gasteiger partial charge in [-0.15, -0.1) is 0 Å². The highest BCUT2D eigenvalue weighted by molar-refractivity contribution is 5.95. The maximum Gasteiger partial charge on any atom is 0.341 e. The minimum absolute atomic E-state index is 0.346. The molecule has 1 rings (SSSR count). The van der Waals surface area contributed by atoms with Crippen molar-refractivity contribution < 1.29 is 14.3 Å². The molecule has 1 aliphatic rings. The lowest BCUT2D eigenvalue weighted by atomic mass is 10.1. The second-order valence-corrected chi connectivity index (χ2v) is 2.57. The van der Waals surface area contributed by atoms with Gasteiger partial charge in [-0.05, 0) is 19.3 Å². The van der Waals surface area contributed by atoms with E-state index in [1.54, 1.807) is 0 Å². The standard InChI is InChI=1S/C8H10O3/c1-6-4-2-3-5-7(9)11-8(6)10/h1-5H2. The van der Waals surface area contributed by atoms with Gasteiger partial charge >= 0.3 is 11.9 Å². The van der Waals surface area contributed by atoms with Crippen molar-refractivity contribution >= 4 is 11.9 Å². The molecule has 11 heavy (non-hydrogen) atoms. The summed E-state index contributed by atoms with van der Waals surface area (Å²) in [6.45, 7) is 3.50. The molecule has 1 aliphatic heterocycles. The molecule has 0 radical (unpaired) electrons. The summed E-state index contributed by atoms with van der Waals surface area (Å²) in [6.07, 6.45) is 2.62. The van der Waals surface area contributed by atoms with Crippen molar-refractivity contribution in [2.45, 2.75) is 25.7 Å². The smallest absolute Gasteiger partial charge is 0.341 e. The van der Waals surface area contributed by atoms with Gasteiger partial charge in [0.15, 0.2) is 0 Å². The number of carbonyl (C=O) groups excluding carboxylic acids is 2. The Bertz CT molecular complexity index is 205. The highest BCUT2D eigenvalue weighted by Crippen LogP contribution is 2.13. The number of esters is 2. The second-order valence-electron chi connectivity index (χ2n) is 2.57. The Hall–Kier alpha value is -1.12. The topological polar surface area (TPSA) is 43.4 Å². The third-order valence-corrected chi connectivity index (χ3v) is 1.60. The van der Waals surface area contributed by atoms with Gasteiger partial charge < -0.3 is 4.74 Å². The third-order valence-electron chi connectivity index (χ3n) is 1.60. The first-order valence-corrected chi connectivity index (χ1v) is 3.63. The van der Waals surface area contributed by atoms with Gasteiger partial charge in [-0.2, -0.15) is 0 Å². The quantitative estimate of drug-likeness (QED) is 0.299. The van der Waals surface area contributed by atoms with E-state index in [-0.39, 0.29) is 0 Å². The van der Waals surface area contributed by atoms with Crippen LogP contribution in [0.1, 0.15) is 25.7 Å². The molecule has 0 aromatic rings. The van der Waals surface area contributed by atoms with Crippen molar-refractivity contribution in [2.24, 2.45) is 0 Å². The maximum absolute atomic E-state index is 10.8.